The van der Waals surface area contributed by atoms with Crippen LogP contribution in [-0.4, -0.2) is 18.9 Å². The summed E-state index contributed by atoms with van der Waals surface area (Å²) in [5.41, 5.74) is 1.31. The Hall–Kier alpha value is -1.58. The quantitative estimate of drug-likeness (QED) is 0.760. The third-order valence-electron chi connectivity index (χ3n) is 2.78. The largest absolute Gasteiger partial charge is 0.490 e. The van der Waals surface area contributed by atoms with Gasteiger partial charge in [-0.3, -0.25) is 0 Å². The van der Waals surface area contributed by atoms with Crippen LogP contribution in [0.2, 0.25) is 0 Å². The molecule has 0 spiro atoms. The van der Waals surface area contributed by atoms with E-state index in [1.165, 1.54) is 0 Å². The Bertz CT molecular complexity index is 458. The summed E-state index contributed by atoms with van der Waals surface area (Å²) in [6.45, 7) is 8.21. The molecule has 19 heavy (non-hydrogen) atoms. The molecule has 0 fully saturated rings. The van der Waals surface area contributed by atoms with Crippen LogP contribution in [0, 0.1) is 11.2 Å². The minimum Gasteiger partial charge on any atom is -0.490 e. The van der Waals surface area contributed by atoms with Gasteiger partial charge in [0.05, 0.1) is 13.2 Å². The first-order valence-corrected chi connectivity index (χ1v) is 6.73. The van der Waals surface area contributed by atoms with E-state index >= 15 is 0 Å². The van der Waals surface area contributed by atoms with E-state index in [4.69, 9.17) is 14.9 Å². The lowest BCUT2D eigenvalue weighted by Crippen LogP contribution is -2.09. The Morgan fingerprint density at radius 3 is 2.42 bits per heavy atom. The predicted octanol–water partition coefficient (Wildman–Crippen LogP) is 3.96. The Labute approximate surface area is 114 Å². The predicted molar refractivity (Wildman–Crippen MR) is 75.2 cm³/mol. The van der Waals surface area contributed by atoms with E-state index in [2.05, 4.69) is 0 Å². The van der Waals surface area contributed by atoms with Crippen LogP contribution in [0.3, 0.4) is 0 Å². The molecule has 1 aromatic carbocycles. The molecule has 0 aromatic heterocycles. The van der Waals surface area contributed by atoms with Gasteiger partial charge < -0.3 is 14.9 Å². The fraction of sp³-hybridized carbons (Fsp3) is 0.533. The highest BCUT2D eigenvalue weighted by Crippen LogP contribution is 2.35. The van der Waals surface area contributed by atoms with Crippen LogP contribution in [0.25, 0.3) is 0 Å². The number of benzene rings is 1. The third kappa shape index (κ3) is 3.46. The number of rotatable bonds is 7. The molecule has 0 amide bonds. The minimum atomic E-state index is -0.483. The van der Waals surface area contributed by atoms with Gasteiger partial charge in [0.25, 0.3) is 0 Å². The molecule has 0 atom stereocenters. The van der Waals surface area contributed by atoms with Crippen LogP contribution in [-0.2, 0) is 6.42 Å². The van der Waals surface area contributed by atoms with Crippen LogP contribution in [0.15, 0.2) is 6.07 Å². The Kier molecular flexibility index (Phi) is 5.80. The van der Waals surface area contributed by atoms with Gasteiger partial charge in [-0.2, -0.15) is 0 Å². The standard InChI is InChI=1S/C15H22FNO2/c1-5-8-19-15-12(18-7-3)9-11(6-2)13(10(4)17)14(15)16/h9,17H,5-8H2,1-4H3. The maximum Gasteiger partial charge on any atom is 0.197 e. The second-order valence-corrected chi connectivity index (χ2v) is 4.31. The van der Waals surface area contributed by atoms with Crippen molar-refractivity contribution < 1.29 is 13.9 Å². The third-order valence-corrected chi connectivity index (χ3v) is 2.78. The van der Waals surface area contributed by atoms with Crippen molar-refractivity contribution in [2.75, 3.05) is 13.2 Å². The number of aryl methyl sites for hydroxylation is 1. The molecule has 0 saturated heterocycles. The highest BCUT2D eigenvalue weighted by atomic mass is 19.1. The molecule has 0 aliphatic rings. The van der Waals surface area contributed by atoms with Crippen molar-refractivity contribution in [2.45, 2.75) is 40.5 Å². The molecule has 4 heteroatoms. The molecule has 3 nitrogen and oxygen atoms in total. The molecule has 106 valence electrons. The van der Waals surface area contributed by atoms with Gasteiger partial charge in [0.15, 0.2) is 17.3 Å². The second kappa shape index (κ2) is 7.12. The molecule has 1 aromatic rings. The molecular formula is C15H22FNO2. The number of ether oxygens (including phenoxy) is 2. The molecule has 0 unspecified atom stereocenters. The Morgan fingerprint density at radius 2 is 1.95 bits per heavy atom. The van der Waals surface area contributed by atoms with Crippen molar-refractivity contribution in [1.82, 2.24) is 0 Å². The highest BCUT2D eigenvalue weighted by molar-refractivity contribution is 5.98. The van der Waals surface area contributed by atoms with Gasteiger partial charge in [0.2, 0.25) is 0 Å². The molecule has 0 heterocycles. The lowest BCUT2D eigenvalue weighted by Gasteiger charge is -2.17. The van der Waals surface area contributed by atoms with E-state index in [0.717, 1.165) is 12.0 Å². The van der Waals surface area contributed by atoms with Gasteiger partial charge in [0, 0.05) is 11.3 Å². The van der Waals surface area contributed by atoms with Gasteiger partial charge >= 0.3 is 0 Å². The summed E-state index contributed by atoms with van der Waals surface area (Å²) >= 11 is 0. The van der Waals surface area contributed by atoms with Crippen molar-refractivity contribution in [3.63, 3.8) is 0 Å². The van der Waals surface area contributed by atoms with Gasteiger partial charge in [-0.15, -0.1) is 0 Å². The molecular weight excluding hydrogens is 245 g/mol. The number of hydrogen-bond acceptors (Lipinski definition) is 3. The van der Waals surface area contributed by atoms with Gasteiger partial charge in [-0.05, 0) is 38.3 Å². The average Bonchev–Trinajstić information content (AvgIpc) is 2.37. The van der Waals surface area contributed by atoms with E-state index in [-0.39, 0.29) is 11.5 Å². The average molecular weight is 267 g/mol. The van der Waals surface area contributed by atoms with Crippen LogP contribution in [0.4, 0.5) is 4.39 Å². The van der Waals surface area contributed by atoms with Gasteiger partial charge in [-0.1, -0.05) is 13.8 Å². The Balaban J connectivity index is 3.38. The van der Waals surface area contributed by atoms with Crippen LogP contribution >= 0.6 is 0 Å². The van der Waals surface area contributed by atoms with Crippen molar-refractivity contribution in [1.29, 1.82) is 5.41 Å². The van der Waals surface area contributed by atoms with E-state index in [0.29, 0.717) is 30.9 Å². The summed E-state index contributed by atoms with van der Waals surface area (Å²) in [5.74, 6) is 0.0709. The first-order valence-electron chi connectivity index (χ1n) is 6.73. The maximum absolute atomic E-state index is 14.5. The van der Waals surface area contributed by atoms with E-state index in [1.54, 1.807) is 13.0 Å². The number of nitrogens with one attached hydrogen (secondary N) is 1. The zero-order chi connectivity index (χ0) is 14.4. The molecule has 0 aliphatic carbocycles. The molecule has 1 rings (SSSR count). The van der Waals surface area contributed by atoms with Crippen molar-refractivity contribution >= 4 is 5.71 Å². The lowest BCUT2D eigenvalue weighted by atomic mass is 10.00. The van der Waals surface area contributed by atoms with Crippen molar-refractivity contribution in [3.05, 3.63) is 23.0 Å². The molecule has 0 aliphatic heterocycles. The Morgan fingerprint density at radius 1 is 1.26 bits per heavy atom. The monoisotopic (exact) mass is 267 g/mol. The summed E-state index contributed by atoms with van der Waals surface area (Å²) in [4.78, 5) is 0. The second-order valence-electron chi connectivity index (χ2n) is 4.31. The summed E-state index contributed by atoms with van der Waals surface area (Å²) < 4.78 is 25.5. The fourth-order valence-electron chi connectivity index (χ4n) is 1.94. The lowest BCUT2D eigenvalue weighted by molar-refractivity contribution is 0.264. The SMILES string of the molecule is CCCOc1c(OCC)cc(CC)c(C(C)=N)c1F. The van der Waals surface area contributed by atoms with Crippen LogP contribution in [0.5, 0.6) is 11.5 Å². The summed E-state index contributed by atoms with van der Waals surface area (Å²) in [7, 11) is 0. The zero-order valence-electron chi connectivity index (χ0n) is 12.1. The fourth-order valence-corrected chi connectivity index (χ4v) is 1.94. The molecule has 1 N–H and O–H groups in total. The summed E-state index contributed by atoms with van der Waals surface area (Å²) in [6.07, 6.45) is 1.44. The van der Waals surface area contributed by atoms with Crippen molar-refractivity contribution in [3.8, 4) is 11.5 Å². The van der Waals surface area contributed by atoms with E-state index < -0.39 is 5.82 Å². The van der Waals surface area contributed by atoms with Crippen LogP contribution in [0.1, 0.15) is 45.2 Å². The van der Waals surface area contributed by atoms with Crippen molar-refractivity contribution in [2.24, 2.45) is 0 Å². The first-order chi connectivity index (χ1) is 9.06. The van der Waals surface area contributed by atoms with Gasteiger partial charge in [-0.25, -0.2) is 4.39 Å². The highest BCUT2D eigenvalue weighted by Gasteiger charge is 2.21. The number of halogens is 1. The summed E-state index contributed by atoms with van der Waals surface area (Å²) in [5, 5.41) is 7.73. The molecule has 0 radical (unpaired) electrons. The van der Waals surface area contributed by atoms with E-state index in [1.807, 2.05) is 20.8 Å². The topological polar surface area (TPSA) is 42.3 Å². The first kappa shape index (κ1) is 15.5. The zero-order valence-corrected chi connectivity index (χ0v) is 12.1. The smallest absolute Gasteiger partial charge is 0.197 e. The van der Waals surface area contributed by atoms with Crippen LogP contribution < -0.4 is 9.47 Å². The minimum absolute atomic E-state index is 0.127. The summed E-state index contributed by atoms with van der Waals surface area (Å²) in [6, 6.07) is 1.78. The normalized spacial score (nSPS) is 10.4. The molecule has 0 bridgehead atoms. The maximum atomic E-state index is 14.5. The molecule has 0 saturated carbocycles. The number of hydrogen-bond donors (Lipinski definition) is 1. The van der Waals surface area contributed by atoms with E-state index in [9.17, 15) is 4.39 Å². The van der Waals surface area contributed by atoms with Gasteiger partial charge in [0.1, 0.15) is 0 Å².